The van der Waals surface area contributed by atoms with Crippen molar-refractivity contribution >= 4 is 23.3 Å². The van der Waals surface area contributed by atoms with Gasteiger partial charge < -0.3 is 16.0 Å². The van der Waals surface area contributed by atoms with Crippen LogP contribution in [-0.4, -0.2) is 34.5 Å². The Bertz CT molecular complexity index is 815. The van der Waals surface area contributed by atoms with Gasteiger partial charge in [0, 0.05) is 42.0 Å². The Hall–Kier alpha value is -2.74. The lowest BCUT2D eigenvalue weighted by Crippen LogP contribution is -2.50. The number of hydrogen-bond acceptors (Lipinski definition) is 5. The molecular weight excluding hydrogens is 338 g/mol. The molecule has 0 unspecified atom stereocenters. The fourth-order valence-corrected chi connectivity index (χ4v) is 3.52. The van der Waals surface area contributed by atoms with Crippen molar-refractivity contribution in [2.75, 3.05) is 6.54 Å². The van der Waals surface area contributed by atoms with Gasteiger partial charge in [0.25, 0.3) is 5.91 Å². The molecule has 0 fully saturated rings. The van der Waals surface area contributed by atoms with Gasteiger partial charge >= 0.3 is 6.03 Å². The Morgan fingerprint density at radius 3 is 3.00 bits per heavy atom. The van der Waals surface area contributed by atoms with Crippen LogP contribution in [0.25, 0.3) is 10.6 Å². The number of pyridine rings is 1. The van der Waals surface area contributed by atoms with E-state index >= 15 is 0 Å². The van der Waals surface area contributed by atoms with E-state index in [9.17, 15) is 9.59 Å². The minimum Gasteiger partial charge on any atom is -0.352 e. The van der Waals surface area contributed by atoms with Crippen LogP contribution in [0.1, 0.15) is 19.5 Å². The highest BCUT2D eigenvalue weighted by Gasteiger charge is 2.26. The van der Waals surface area contributed by atoms with Crippen LogP contribution in [0.5, 0.6) is 0 Å². The molecule has 1 aliphatic rings. The van der Waals surface area contributed by atoms with Gasteiger partial charge in [-0.15, -0.1) is 11.3 Å². The molecule has 0 aliphatic carbocycles. The molecule has 0 saturated carbocycles. The van der Waals surface area contributed by atoms with E-state index in [1.54, 1.807) is 37.6 Å². The van der Waals surface area contributed by atoms with Crippen LogP contribution in [-0.2, 0) is 11.2 Å². The summed E-state index contributed by atoms with van der Waals surface area (Å²) in [6.07, 6.45) is 4.15. The molecule has 130 valence electrons. The van der Waals surface area contributed by atoms with Crippen LogP contribution >= 0.6 is 11.3 Å². The summed E-state index contributed by atoms with van der Waals surface area (Å²) in [5.74, 6) is -0.180. The van der Waals surface area contributed by atoms with E-state index in [-0.39, 0.29) is 18.0 Å². The van der Waals surface area contributed by atoms with Gasteiger partial charge in [-0.3, -0.25) is 9.78 Å². The van der Waals surface area contributed by atoms with Crippen LogP contribution in [0.2, 0.25) is 0 Å². The number of thiazole rings is 1. The Morgan fingerprint density at radius 1 is 1.44 bits per heavy atom. The predicted octanol–water partition coefficient (Wildman–Crippen LogP) is 1.84. The van der Waals surface area contributed by atoms with E-state index in [2.05, 4.69) is 25.9 Å². The zero-order valence-electron chi connectivity index (χ0n) is 14.0. The van der Waals surface area contributed by atoms with Crippen molar-refractivity contribution in [3.05, 3.63) is 46.9 Å². The van der Waals surface area contributed by atoms with Gasteiger partial charge in [0.15, 0.2) is 0 Å². The van der Waals surface area contributed by atoms with Gasteiger partial charge in [-0.05, 0) is 26.0 Å². The Balaban J connectivity index is 1.57. The summed E-state index contributed by atoms with van der Waals surface area (Å²) in [4.78, 5) is 32.4. The zero-order chi connectivity index (χ0) is 17.8. The number of rotatable bonds is 5. The molecule has 7 nitrogen and oxygen atoms in total. The summed E-state index contributed by atoms with van der Waals surface area (Å²) < 4.78 is 0. The van der Waals surface area contributed by atoms with Gasteiger partial charge in [-0.1, -0.05) is 0 Å². The molecule has 3 heterocycles. The molecule has 8 heteroatoms. The first kappa shape index (κ1) is 17.1. The molecule has 3 N–H and O–H groups in total. The fraction of sp³-hybridized carbons (Fsp3) is 0.294. The molecule has 0 bridgehead atoms. The van der Waals surface area contributed by atoms with Gasteiger partial charge in [0.2, 0.25) is 0 Å². The van der Waals surface area contributed by atoms with Crippen molar-refractivity contribution in [2.45, 2.75) is 26.3 Å². The summed E-state index contributed by atoms with van der Waals surface area (Å²) >= 11 is 1.56. The standard InChI is InChI=1S/C17H19N5O2S/c1-10-14(11(2)21-17(24)20-10)15(23)19-7-5-13-9-25-16(22-13)12-4-3-6-18-8-12/h3-4,6,8-10H,5,7H2,1-2H3,(H,19,23)(H2,20,21,24)/t10-/m1/s1. The van der Waals surface area contributed by atoms with Crippen LogP contribution in [0.15, 0.2) is 41.2 Å². The molecular formula is C17H19N5O2S. The van der Waals surface area contributed by atoms with Crippen molar-refractivity contribution in [2.24, 2.45) is 0 Å². The van der Waals surface area contributed by atoms with E-state index in [0.717, 1.165) is 16.3 Å². The van der Waals surface area contributed by atoms with Gasteiger partial charge in [-0.2, -0.15) is 0 Å². The van der Waals surface area contributed by atoms with Gasteiger partial charge in [-0.25, -0.2) is 9.78 Å². The highest BCUT2D eigenvalue weighted by Crippen LogP contribution is 2.22. The third-order valence-electron chi connectivity index (χ3n) is 3.86. The molecule has 3 rings (SSSR count). The highest BCUT2D eigenvalue weighted by atomic mass is 32.1. The third kappa shape index (κ3) is 4.03. The average Bonchev–Trinajstić information content (AvgIpc) is 3.03. The minimum atomic E-state index is -0.315. The zero-order valence-corrected chi connectivity index (χ0v) is 14.8. The summed E-state index contributed by atoms with van der Waals surface area (Å²) in [6.45, 7) is 4.00. The third-order valence-corrected chi connectivity index (χ3v) is 4.80. The van der Waals surface area contributed by atoms with Crippen molar-refractivity contribution in [3.8, 4) is 10.6 Å². The van der Waals surface area contributed by atoms with E-state index in [1.165, 1.54) is 0 Å². The van der Waals surface area contributed by atoms with Gasteiger partial charge in [0.1, 0.15) is 5.01 Å². The Kier molecular flexibility index (Phi) is 5.08. The summed E-state index contributed by atoms with van der Waals surface area (Å²) in [6, 6.07) is 3.25. The molecule has 1 aliphatic heterocycles. The highest BCUT2D eigenvalue weighted by molar-refractivity contribution is 7.13. The number of hydrogen-bond donors (Lipinski definition) is 3. The molecule has 1 atom stereocenters. The van der Waals surface area contributed by atoms with E-state index in [4.69, 9.17) is 0 Å². The number of nitrogens with zero attached hydrogens (tertiary/aromatic N) is 2. The number of aromatic nitrogens is 2. The van der Waals surface area contributed by atoms with Crippen LogP contribution in [0.4, 0.5) is 4.79 Å². The summed E-state index contributed by atoms with van der Waals surface area (Å²) in [7, 11) is 0. The maximum absolute atomic E-state index is 12.4. The normalized spacial score (nSPS) is 17.0. The topological polar surface area (TPSA) is 96.0 Å². The van der Waals surface area contributed by atoms with E-state index < -0.39 is 0 Å². The molecule has 0 spiro atoms. The second-order valence-electron chi connectivity index (χ2n) is 5.75. The minimum absolute atomic E-state index is 0.180. The van der Waals surface area contributed by atoms with E-state index in [0.29, 0.717) is 24.2 Å². The SMILES string of the molecule is CC1=C(C(=O)NCCc2csc(-c3cccnc3)n2)[C@@H](C)NC(=O)N1. The van der Waals surface area contributed by atoms with Crippen LogP contribution in [0, 0.1) is 0 Å². The number of amides is 3. The largest absolute Gasteiger partial charge is 0.352 e. The number of urea groups is 1. The van der Waals surface area contributed by atoms with Crippen LogP contribution < -0.4 is 16.0 Å². The first-order valence-corrected chi connectivity index (χ1v) is 8.84. The lowest BCUT2D eigenvalue weighted by atomic mass is 10.0. The monoisotopic (exact) mass is 357 g/mol. The molecule has 3 amide bonds. The second-order valence-corrected chi connectivity index (χ2v) is 6.61. The quantitative estimate of drug-likeness (QED) is 0.761. The Morgan fingerprint density at radius 2 is 2.28 bits per heavy atom. The number of carbonyl (C=O) groups excluding carboxylic acids is 2. The lowest BCUT2D eigenvalue weighted by molar-refractivity contribution is -0.117. The van der Waals surface area contributed by atoms with Crippen molar-refractivity contribution in [3.63, 3.8) is 0 Å². The molecule has 2 aromatic heterocycles. The molecule has 0 aromatic carbocycles. The van der Waals surface area contributed by atoms with Crippen molar-refractivity contribution < 1.29 is 9.59 Å². The Labute approximate surface area is 149 Å². The molecule has 0 radical (unpaired) electrons. The molecule has 25 heavy (non-hydrogen) atoms. The first-order chi connectivity index (χ1) is 12.0. The second kappa shape index (κ2) is 7.43. The molecule has 2 aromatic rings. The van der Waals surface area contributed by atoms with E-state index in [1.807, 2.05) is 17.5 Å². The summed E-state index contributed by atoms with van der Waals surface area (Å²) in [5, 5.41) is 11.1. The van der Waals surface area contributed by atoms with Gasteiger partial charge in [0.05, 0.1) is 17.3 Å². The number of allylic oxidation sites excluding steroid dienone is 1. The molecule has 0 saturated heterocycles. The number of nitrogens with one attached hydrogen (secondary N) is 3. The van der Waals surface area contributed by atoms with Crippen molar-refractivity contribution in [1.82, 2.24) is 25.9 Å². The maximum atomic E-state index is 12.4. The van der Waals surface area contributed by atoms with Crippen molar-refractivity contribution in [1.29, 1.82) is 0 Å². The smallest absolute Gasteiger partial charge is 0.319 e. The number of carbonyl (C=O) groups is 2. The summed E-state index contributed by atoms with van der Waals surface area (Å²) in [5.41, 5.74) is 3.05. The first-order valence-electron chi connectivity index (χ1n) is 7.96. The maximum Gasteiger partial charge on any atom is 0.319 e. The average molecular weight is 357 g/mol. The van der Waals surface area contributed by atoms with Crippen LogP contribution in [0.3, 0.4) is 0 Å². The lowest BCUT2D eigenvalue weighted by Gasteiger charge is -2.25. The fourth-order valence-electron chi connectivity index (χ4n) is 2.68. The predicted molar refractivity (Wildman–Crippen MR) is 95.9 cm³/mol.